The molecular weight excluding hydrogens is 248 g/mol. The molecule has 1 saturated heterocycles. The van der Waals surface area contributed by atoms with Crippen LogP contribution in [0.5, 0.6) is 0 Å². The molecular formula is C17H34N2O. The molecule has 0 aromatic heterocycles. The van der Waals surface area contributed by atoms with Gasteiger partial charge in [0.25, 0.3) is 0 Å². The van der Waals surface area contributed by atoms with Crippen LogP contribution in [0.4, 0.5) is 0 Å². The fraction of sp³-hybridized carbons (Fsp3) is 1.00. The second kappa shape index (κ2) is 8.35. The van der Waals surface area contributed by atoms with E-state index in [0.29, 0.717) is 0 Å². The molecule has 2 aliphatic rings. The van der Waals surface area contributed by atoms with Gasteiger partial charge in [0, 0.05) is 26.2 Å². The molecule has 1 heterocycles. The average Bonchev–Trinajstić information content (AvgIpc) is 2.87. The van der Waals surface area contributed by atoms with Crippen LogP contribution >= 0.6 is 0 Å². The Morgan fingerprint density at radius 3 is 2.75 bits per heavy atom. The Morgan fingerprint density at radius 2 is 2.05 bits per heavy atom. The maximum absolute atomic E-state index is 5.32. The maximum Gasteiger partial charge on any atom is 0.0503 e. The van der Waals surface area contributed by atoms with Crippen molar-refractivity contribution in [2.24, 2.45) is 17.8 Å². The third kappa shape index (κ3) is 4.44. The van der Waals surface area contributed by atoms with Gasteiger partial charge in [0.05, 0.1) is 6.61 Å². The maximum atomic E-state index is 5.32. The molecule has 2 fully saturated rings. The van der Waals surface area contributed by atoms with Gasteiger partial charge in [0.15, 0.2) is 0 Å². The largest absolute Gasteiger partial charge is 0.384 e. The molecule has 2 rings (SSSR count). The summed E-state index contributed by atoms with van der Waals surface area (Å²) in [5, 5.41) is 3.58. The van der Waals surface area contributed by atoms with Gasteiger partial charge in [-0.2, -0.15) is 0 Å². The van der Waals surface area contributed by atoms with E-state index in [2.05, 4.69) is 24.2 Å². The molecule has 0 spiro atoms. The first-order valence-corrected chi connectivity index (χ1v) is 8.65. The normalized spacial score (nSPS) is 35.5. The van der Waals surface area contributed by atoms with E-state index in [4.69, 9.17) is 4.74 Å². The van der Waals surface area contributed by atoms with Gasteiger partial charge in [0.2, 0.25) is 0 Å². The monoisotopic (exact) mass is 282 g/mol. The molecule has 0 amide bonds. The molecule has 3 nitrogen and oxygen atoms in total. The van der Waals surface area contributed by atoms with Crippen LogP contribution in [0.15, 0.2) is 0 Å². The van der Waals surface area contributed by atoms with E-state index in [1.807, 2.05) is 7.11 Å². The number of hydrogen-bond donors (Lipinski definition) is 1. The molecule has 4 atom stereocenters. The Balaban J connectivity index is 1.82. The number of hydrogen-bond acceptors (Lipinski definition) is 3. The standard InChI is InChI=1S/C17H34N2O/c1-4-5-14-6-7-17(18-2)16(10-14)12-19-9-8-15(11-19)13-20-3/h14-18H,4-13H2,1-3H3. The first kappa shape index (κ1) is 16.3. The topological polar surface area (TPSA) is 24.5 Å². The Hall–Kier alpha value is -0.120. The van der Waals surface area contributed by atoms with Crippen molar-refractivity contribution in [3.05, 3.63) is 0 Å². The first-order chi connectivity index (χ1) is 9.76. The van der Waals surface area contributed by atoms with Crippen molar-refractivity contribution < 1.29 is 4.74 Å². The van der Waals surface area contributed by atoms with Gasteiger partial charge in [-0.05, 0) is 57.0 Å². The summed E-state index contributed by atoms with van der Waals surface area (Å²) in [4.78, 5) is 2.69. The second-order valence-electron chi connectivity index (χ2n) is 6.99. The molecule has 1 N–H and O–H groups in total. The van der Waals surface area contributed by atoms with Crippen LogP contribution in [0, 0.1) is 17.8 Å². The molecule has 1 aliphatic carbocycles. The number of likely N-dealkylation sites (tertiary alicyclic amines) is 1. The Bertz CT molecular complexity index is 272. The van der Waals surface area contributed by atoms with E-state index in [1.165, 1.54) is 58.2 Å². The predicted octanol–water partition coefficient (Wildman–Crippen LogP) is 2.76. The molecule has 118 valence electrons. The number of nitrogens with zero attached hydrogens (tertiary/aromatic N) is 1. The highest BCUT2D eigenvalue weighted by atomic mass is 16.5. The van der Waals surface area contributed by atoms with Crippen molar-refractivity contribution in [2.75, 3.05) is 40.4 Å². The average molecular weight is 282 g/mol. The van der Waals surface area contributed by atoms with E-state index in [9.17, 15) is 0 Å². The van der Waals surface area contributed by atoms with Crippen molar-refractivity contribution in [3.63, 3.8) is 0 Å². The van der Waals surface area contributed by atoms with Crippen LogP contribution < -0.4 is 5.32 Å². The van der Waals surface area contributed by atoms with Crippen molar-refractivity contribution in [1.82, 2.24) is 10.2 Å². The van der Waals surface area contributed by atoms with Gasteiger partial charge >= 0.3 is 0 Å². The van der Waals surface area contributed by atoms with Crippen molar-refractivity contribution in [2.45, 2.75) is 51.5 Å². The van der Waals surface area contributed by atoms with Crippen molar-refractivity contribution >= 4 is 0 Å². The minimum atomic E-state index is 0.740. The fourth-order valence-electron chi connectivity index (χ4n) is 4.40. The van der Waals surface area contributed by atoms with E-state index >= 15 is 0 Å². The van der Waals surface area contributed by atoms with E-state index in [0.717, 1.165) is 30.4 Å². The van der Waals surface area contributed by atoms with Gasteiger partial charge < -0.3 is 15.0 Å². The van der Waals surface area contributed by atoms with Crippen LogP contribution in [0.2, 0.25) is 0 Å². The second-order valence-corrected chi connectivity index (χ2v) is 6.99. The quantitative estimate of drug-likeness (QED) is 0.777. The lowest BCUT2D eigenvalue weighted by Gasteiger charge is -2.38. The SMILES string of the molecule is CCCC1CCC(NC)C(CN2CCC(COC)C2)C1. The van der Waals surface area contributed by atoms with Crippen LogP contribution in [-0.4, -0.2) is 51.3 Å². The van der Waals surface area contributed by atoms with Gasteiger partial charge in [-0.3, -0.25) is 0 Å². The Labute approximate surface area is 125 Å². The summed E-state index contributed by atoms with van der Waals surface area (Å²) in [6, 6.07) is 0.740. The summed E-state index contributed by atoms with van der Waals surface area (Å²) in [6.45, 7) is 7.09. The lowest BCUT2D eigenvalue weighted by molar-refractivity contribution is 0.134. The number of ether oxygens (including phenoxy) is 1. The summed E-state index contributed by atoms with van der Waals surface area (Å²) >= 11 is 0. The lowest BCUT2D eigenvalue weighted by Crippen LogP contribution is -2.44. The highest BCUT2D eigenvalue weighted by molar-refractivity contribution is 4.87. The van der Waals surface area contributed by atoms with E-state index in [-0.39, 0.29) is 0 Å². The fourth-order valence-corrected chi connectivity index (χ4v) is 4.40. The number of methoxy groups -OCH3 is 1. The highest BCUT2D eigenvalue weighted by Crippen LogP contribution is 2.33. The number of rotatable bonds is 7. The summed E-state index contributed by atoms with van der Waals surface area (Å²) in [6.07, 6.45) is 8.34. The van der Waals surface area contributed by atoms with Crippen molar-refractivity contribution in [1.29, 1.82) is 0 Å². The minimum Gasteiger partial charge on any atom is -0.384 e. The molecule has 20 heavy (non-hydrogen) atoms. The predicted molar refractivity (Wildman–Crippen MR) is 85.0 cm³/mol. The summed E-state index contributed by atoms with van der Waals surface area (Å²) in [5.74, 6) is 2.60. The minimum absolute atomic E-state index is 0.740. The van der Waals surface area contributed by atoms with E-state index < -0.39 is 0 Å². The third-order valence-electron chi connectivity index (χ3n) is 5.42. The zero-order valence-corrected chi connectivity index (χ0v) is 13.7. The first-order valence-electron chi connectivity index (χ1n) is 8.65. The van der Waals surface area contributed by atoms with Crippen LogP contribution in [0.1, 0.15) is 45.4 Å². The third-order valence-corrected chi connectivity index (χ3v) is 5.42. The summed E-state index contributed by atoms with van der Waals surface area (Å²) in [7, 11) is 3.98. The molecule has 0 aromatic rings. The molecule has 0 aromatic carbocycles. The molecule has 1 aliphatic heterocycles. The number of nitrogens with one attached hydrogen (secondary N) is 1. The molecule has 0 bridgehead atoms. The molecule has 4 unspecified atom stereocenters. The zero-order chi connectivity index (χ0) is 14.4. The van der Waals surface area contributed by atoms with Gasteiger partial charge in [-0.15, -0.1) is 0 Å². The van der Waals surface area contributed by atoms with E-state index in [1.54, 1.807) is 0 Å². The Kier molecular flexibility index (Phi) is 6.79. The zero-order valence-electron chi connectivity index (χ0n) is 13.7. The summed E-state index contributed by atoms with van der Waals surface area (Å²) < 4.78 is 5.32. The van der Waals surface area contributed by atoms with Crippen LogP contribution in [0.3, 0.4) is 0 Å². The Morgan fingerprint density at radius 1 is 1.20 bits per heavy atom. The smallest absolute Gasteiger partial charge is 0.0503 e. The van der Waals surface area contributed by atoms with Gasteiger partial charge in [-0.25, -0.2) is 0 Å². The van der Waals surface area contributed by atoms with Crippen LogP contribution in [-0.2, 0) is 4.74 Å². The highest BCUT2D eigenvalue weighted by Gasteiger charge is 2.32. The van der Waals surface area contributed by atoms with Crippen LogP contribution in [0.25, 0.3) is 0 Å². The summed E-state index contributed by atoms with van der Waals surface area (Å²) in [5.41, 5.74) is 0. The van der Waals surface area contributed by atoms with Gasteiger partial charge in [-0.1, -0.05) is 19.8 Å². The molecule has 3 heteroatoms. The van der Waals surface area contributed by atoms with Crippen molar-refractivity contribution in [3.8, 4) is 0 Å². The molecule has 0 radical (unpaired) electrons. The molecule has 1 saturated carbocycles. The van der Waals surface area contributed by atoms with Gasteiger partial charge in [0.1, 0.15) is 0 Å². The lowest BCUT2D eigenvalue weighted by atomic mass is 9.76.